The van der Waals surface area contributed by atoms with Gasteiger partial charge in [-0.25, -0.2) is 18.1 Å². The van der Waals surface area contributed by atoms with E-state index < -0.39 is 10.0 Å². The van der Waals surface area contributed by atoms with Crippen molar-refractivity contribution in [1.29, 1.82) is 0 Å². The molecule has 0 atom stereocenters. The highest BCUT2D eigenvalue weighted by atomic mass is 35.5. The van der Waals surface area contributed by atoms with E-state index in [2.05, 4.69) is 14.8 Å². The number of hydrogen-bond donors (Lipinski definition) is 1. The molecule has 0 bridgehead atoms. The van der Waals surface area contributed by atoms with Gasteiger partial charge in [-0.1, -0.05) is 22.9 Å². The third kappa shape index (κ3) is 2.57. The van der Waals surface area contributed by atoms with Gasteiger partial charge < -0.3 is 4.74 Å². The fourth-order valence-electron chi connectivity index (χ4n) is 1.24. The van der Waals surface area contributed by atoms with Crippen LogP contribution in [0.15, 0.2) is 16.5 Å². The average molecular weight is 309 g/mol. The first-order valence-electron chi connectivity index (χ1n) is 4.64. The molecule has 0 aliphatic rings. The van der Waals surface area contributed by atoms with E-state index >= 15 is 0 Å². The molecule has 0 aliphatic heterocycles. The number of sulfonamides is 1. The lowest BCUT2D eigenvalue weighted by Gasteiger charge is -2.00. The number of nitrogens with zero attached hydrogens (tertiary/aromatic N) is 3. The van der Waals surface area contributed by atoms with Crippen LogP contribution in [0.1, 0.15) is 0 Å². The van der Waals surface area contributed by atoms with Gasteiger partial charge in [-0.2, -0.15) is 5.10 Å². The lowest BCUT2D eigenvalue weighted by Crippen LogP contribution is -2.12. The molecule has 98 valence electrons. The zero-order valence-electron chi connectivity index (χ0n) is 9.42. The fourth-order valence-corrected chi connectivity index (χ4v) is 3.52. The van der Waals surface area contributed by atoms with Gasteiger partial charge in [0.15, 0.2) is 14.5 Å². The number of nitrogens with one attached hydrogen (secondary N) is 1. The lowest BCUT2D eigenvalue weighted by molar-refractivity contribution is 0.373. The molecule has 0 amide bonds. The summed E-state index contributed by atoms with van der Waals surface area (Å²) in [5.74, 6) is 0.605. The van der Waals surface area contributed by atoms with Crippen molar-refractivity contribution in [3.8, 4) is 5.88 Å². The summed E-state index contributed by atoms with van der Waals surface area (Å²) in [6, 6.07) is 1.47. The molecule has 1 N–H and O–H groups in total. The Balaban J connectivity index is 2.27. The number of ether oxygens (including phenoxy) is 1. The maximum absolute atomic E-state index is 11.9. The average Bonchev–Trinajstić information content (AvgIpc) is 2.84. The van der Waals surface area contributed by atoms with Crippen LogP contribution in [0.2, 0.25) is 4.47 Å². The van der Waals surface area contributed by atoms with E-state index in [1.165, 1.54) is 24.1 Å². The standard InChI is InChI=1S/C8H9ClN4O3S2/c1-13-6(16-2)3-5(11-13)12-18(14,15)7-4-10-8(9)17-7/h3-4H,1-2H3,(H,11,12). The van der Waals surface area contributed by atoms with E-state index in [4.69, 9.17) is 16.3 Å². The molecule has 2 rings (SSSR count). The van der Waals surface area contributed by atoms with Crippen molar-refractivity contribution in [3.63, 3.8) is 0 Å². The highest BCUT2D eigenvalue weighted by molar-refractivity contribution is 7.94. The van der Waals surface area contributed by atoms with Crippen molar-refractivity contribution in [2.45, 2.75) is 4.21 Å². The van der Waals surface area contributed by atoms with E-state index in [0.29, 0.717) is 5.88 Å². The van der Waals surface area contributed by atoms with Crippen molar-refractivity contribution < 1.29 is 13.2 Å². The molecule has 7 nitrogen and oxygen atoms in total. The molecule has 2 heterocycles. The SMILES string of the molecule is COc1cc(NS(=O)(=O)c2cnc(Cl)s2)nn1C. The third-order valence-electron chi connectivity index (χ3n) is 2.01. The molecule has 0 saturated heterocycles. The van der Waals surface area contributed by atoms with Crippen LogP contribution in [0.4, 0.5) is 5.82 Å². The molecule has 0 saturated carbocycles. The Morgan fingerprint density at radius 2 is 2.28 bits per heavy atom. The van der Waals surface area contributed by atoms with E-state index in [1.807, 2.05) is 0 Å². The maximum atomic E-state index is 11.9. The second-order valence-corrected chi connectivity index (χ2v) is 6.76. The van der Waals surface area contributed by atoms with Crippen LogP contribution in [0.25, 0.3) is 0 Å². The van der Waals surface area contributed by atoms with Crippen LogP contribution in [0, 0.1) is 0 Å². The van der Waals surface area contributed by atoms with Crippen LogP contribution in [0.3, 0.4) is 0 Å². The minimum absolute atomic E-state index is 0.0251. The Labute approximate surface area is 112 Å². The molecule has 0 aliphatic carbocycles. The highest BCUT2D eigenvalue weighted by Crippen LogP contribution is 2.25. The molecule has 2 aromatic heterocycles. The van der Waals surface area contributed by atoms with Gasteiger partial charge in [-0.3, -0.25) is 4.72 Å². The van der Waals surface area contributed by atoms with Crippen molar-refractivity contribution in [2.24, 2.45) is 7.05 Å². The number of thiazole rings is 1. The van der Waals surface area contributed by atoms with Gasteiger partial charge in [0.1, 0.15) is 0 Å². The van der Waals surface area contributed by atoms with Gasteiger partial charge in [0.25, 0.3) is 10.0 Å². The first-order chi connectivity index (χ1) is 8.42. The summed E-state index contributed by atoms with van der Waals surface area (Å²) in [7, 11) is -0.604. The van der Waals surface area contributed by atoms with Gasteiger partial charge >= 0.3 is 0 Å². The van der Waals surface area contributed by atoms with Crippen LogP contribution in [0.5, 0.6) is 5.88 Å². The number of methoxy groups -OCH3 is 1. The van der Waals surface area contributed by atoms with Crippen LogP contribution >= 0.6 is 22.9 Å². The molecular formula is C8H9ClN4O3S2. The summed E-state index contributed by atoms with van der Waals surface area (Å²) in [4.78, 5) is 3.68. The third-order valence-corrected chi connectivity index (χ3v) is 4.94. The van der Waals surface area contributed by atoms with Crippen LogP contribution in [-0.2, 0) is 17.1 Å². The number of anilines is 1. The first kappa shape index (κ1) is 13.1. The number of halogens is 1. The van der Waals surface area contributed by atoms with Crippen LogP contribution < -0.4 is 9.46 Å². The number of hydrogen-bond acceptors (Lipinski definition) is 6. The van der Waals surface area contributed by atoms with E-state index in [9.17, 15) is 8.42 Å². The zero-order valence-corrected chi connectivity index (χ0v) is 11.8. The summed E-state index contributed by atoms with van der Waals surface area (Å²) in [5.41, 5.74) is 0. The summed E-state index contributed by atoms with van der Waals surface area (Å²) < 4.78 is 32.8. The summed E-state index contributed by atoms with van der Waals surface area (Å²) in [6.45, 7) is 0. The molecule has 18 heavy (non-hydrogen) atoms. The summed E-state index contributed by atoms with van der Waals surface area (Å²) in [6.07, 6.45) is 1.19. The van der Waals surface area contributed by atoms with E-state index in [-0.39, 0.29) is 14.5 Å². The quantitative estimate of drug-likeness (QED) is 0.921. The Kier molecular flexibility index (Phi) is 3.46. The second-order valence-electron chi connectivity index (χ2n) is 3.23. The van der Waals surface area contributed by atoms with E-state index in [1.54, 1.807) is 7.05 Å². The second kappa shape index (κ2) is 4.75. The van der Waals surface area contributed by atoms with Gasteiger partial charge in [-0.15, -0.1) is 0 Å². The van der Waals surface area contributed by atoms with E-state index in [0.717, 1.165) is 11.3 Å². The Morgan fingerprint density at radius 1 is 1.56 bits per heavy atom. The minimum atomic E-state index is -3.71. The molecule has 0 aromatic carbocycles. The van der Waals surface area contributed by atoms with Crippen molar-refractivity contribution >= 4 is 38.8 Å². The lowest BCUT2D eigenvalue weighted by atomic mass is 10.6. The first-order valence-corrected chi connectivity index (χ1v) is 7.32. The van der Waals surface area contributed by atoms with Gasteiger partial charge in [0, 0.05) is 13.1 Å². The molecule has 2 aromatic rings. The molecular weight excluding hydrogens is 300 g/mol. The molecule has 0 unspecified atom stereocenters. The smallest absolute Gasteiger partial charge is 0.274 e. The Hall–Kier alpha value is -1.32. The van der Waals surface area contributed by atoms with Crippen LogP contribution in [-0.4, -0.2) is 30.3 Å². The van der Waals surface area contributed by atoms with Crippen molar-refractivity contribution in [1.82, 2.24) is 14.8 Å². The molecule has 10 heteroatoms. The fraction of sp³-hybridized carbons (Fsp3) is 0.250. The monoisotopic (exact) mass is 308 g/mol. The number of aryl methyl sites for hydroxylation is 1. The van der Waals surface area contributed by atoms with Gasteiger partial charge in [-0.05, 0) is 0 Å². The summed E-state index contributed by atoms with van der Waals surface area (Å²) in [5, 5.41) is 3.95. The normalized spacial score (nSPS) is 11.5. The number of rotatable bonds is 4. The van der Waals surface area contributed by atoms with Gasteiger partial charge in [0.2, 0.25) is 5.88 Å². The Morgan fingerprint density at radius 3 is 2.78 bits per heavy atom. The molecule has 0 fully saturated rings. The summed E-state index contributed by atoms with van der Waals surface area (Å²) >= 11 is 6.47. The number of aromatic nitrogens is 3. The molecule has 0 radical (unpaired) electrons. The van der Waals surface area contributed by atoms with Crippen molar-refractivity contribution in [3.05, 3.63) is 16.7 Å². The largest absolute Gasteiger partial charge is 0.481 e. The maximum Gasteiger partial charge on any atom is 0.274 e. The van der Waals surface area contributed by atoms with Crippen molar-refractivity contribution in [2.75, 3.05) is 11.8 Å². The topological polar surface area (TPSA) is 86.1 Å². The highest BCUT2D eigenvalue weighted by Gasteiger charge is 2.19. The predicted octanol–water partition coefficient (Wildman–Crippen LogP) is 1.34. The minimum Gasteiger partial charge on any atom is -0.481 e. The molecule has 0 spiro atoms. The van der Waals surface area contributed by atoms with Gasteiger partial charge in [0.05, 0.1) is 13.3 Å². The predicted molar refractivity (Wildman–Crippen MR) is 67.7 cm³/mol. The zero-order chi connectivity index (χ0) is 13.3. The Bertz CT molecular complexity index is 664.